The summed E-state index contributed by atoms with van der Waals surface area (Å²) in [5.74, 6) is -0.741. The van der Waals surface area contributed by atoms with Gasteiger partial charge in [0.15, 0.2) is 0 Å². The summed E-state index contributed by atoms with van der Waals surface area (Å²) in [5.41, 5.74) is 0. The standard InChI is InChI=1S/C13H19F3N2O4S/c1-20-3-4-21-5-6-22-9-12(19)18(10-13(14,15)16)8-11-17-2-7-23-11/h2,7H,3-6,8-10H2,1H3. The first-order valence-electron chi connectivity index (χ1n) is 6.79. The Kier molecular flexibility index (Phi) is 9.07. The normalized spacial score (nSPS) is 11.7. The van der Waals surface area contributed by atoms with Gasteiger partial charge < -0.3 is 19.1 Å². The van der Waals surface area contributed by atoms with Crippen molar-refractivity contribution in [1.82, 2.24) is 9.88 Å². The number of aromatic nitrogens is 1. The smallest absolute Gasteiger partial charge is 0.382 e. The van der Waals surface area contributed by atoms with Gasteiger partial charge in [0.1, 0.15) is 18.2 Å². The molecule has 0 aliphatic rings. The number of carbonyl (C=O) groups is 1. The first-order chi connectivity index (χ1) is 10.9. The van der Waals surface area contributed by atoms with Crippen LogP contribution in [0.3, 0.4) is 0 Å². The molecule has 1 aromatic rings. The van der Waals surface area contributed by atoms with Crippen LogP contribution in [0.5, 0.6) is 0 Å². The third kappa shape index (κ3) is 9.49. The highest BCUT2D eigenvalue weighted by atomic mass is 32.1. The molecule has 6 nitrogen and oxygen atoms in total. The molecule has 0 atom stereocenters. The minimum absolute atomic E-state index is 0.118. The number of nitrogens with zero attached hydrogens (tertiary/aromatic N) is 2. The van der Waals surface area contributed by atoms with E-state index in [0.29, 0.717) is 23.1 Å². The van der Waals surface area contributed by atoms with E-state index in [0.717, 1.165) is 0 Å². The van der Waals surface area contributed by atoms with Crippen molar-refractivity contribution < 1.29 is 32.2 Å². The second-order valence-electron chi connectivity index (χ2n) is 4.45. The van der Waals surface area contributed by atoms with Gasteiger partial charge in [-0.1, -0.05) is 0 Å². The quantitative estimate of drug-likeness (QED) is 0.565. The summed E-state index contributed by atoms with van der Waals surface area (Å²) in [7, 11) is 1.54. The zero-order valence-electron chi connectivity index (χ0n) is 12.7. The van der Waals surface area contributed by atoms with Crippen molar-refractivity contribution in [3.63, 3.8) is 0 Å². The summed E-state index contributed by atoms with van der Waals surface area (Å²) in [6, 6.07) is 0. The van der Waals surface area contributed by atoms with E-state index in [1.165, 1.54) is 24.6 Å². The zero-order chi connectivity index (χ0) is 17.1. The summed E-state index contributed by atoms with van der Waals surface area (Å²) >= 11 is 1.19. The number of amides is 1. The van der Waals surface area contributed by atoms with E-state index in [-0.39, 0.29) is 19.8 Å². The molecule has 1 amide bonds. The van der Waals surface area contributed by atoms with Crippen LogP contribution in [0.25, 0.3) is 0 Å². The van der Waals surface area contributed by atoms with Crippen molar-refractivity contribution in [2.75, 3.05) is 46.7 Å². The lowest BCUT2D eigenvalue weighted by atomic mass is 10.4. The van der Waals surface area contributed by atoms with E-state index in [4.69, 9.17) is 14.2 Å². The predicted molar refractivity (Wildman–Crippen MR) is 77.1 cm³/mol. The van der Waals surface area contributed by atoms with Crippen molar-refractivity contribution in [2.45, 2.75) is 12.7 Å². The van der Waals surface area contributed by atoms with Crippen LogP contribution in [0.15, 0.2) is 11.6 Å². The molecule has 0 unspecified atom stereocenters. The van der Waals surface area contributed by atoms with Crippen LogP contribution in [-0.4, -0.2) is 68.7 Å². The van der Waals surface area contributed by atoms with Gasteiger partial charge in [-0.05, 0) is 0 Å². The van der Waals surface area contributed by atoms with Gasteiger partial charge in [0.2, 0.25) is 5.91 Å². The molecular weight excluding hydrogens is 337 g/mol. The molecule has 0 spiro atoms. The summed E-state index contributed by atoms with van der Waals surface area (Å²) in [6.45, 7) is -0.781. The molecule has 0 aliphatic carbocycles. The predicted octanol–water partition coefficient (Wildman–Crippen LogP) is 1.71. The van der Waals surface area contributed by atoms with Crippen LogP contribution < -0.4 is 0 Å². The topological polar surface area (TPSA) is 60.9 Å². The fourth-order valence-electron chi connectivity index (χ4n) is 1.56. The molecule has 0 radical (unpaired) electrons. The van der Waals surface area contributed by atoms with Crippen LogP contribution in [0, 0.1) is 0 Å². The Morgan fingerprint density at radius 2 is 1.96 bits per heavy atom. The molecule has 1 heterocycles. The SMILES string of the molecule is COCCOCCOCC(=O)N(Cc1nccs1)CC(F)(F)F. The van der Waals surface area contributed by atoms with Crippen molar-refractivity contribution in [3.8, 4) is 0 Å². The first-order valence-corrected chi connectivity index (χ1v) is 7.67. The van der Waals surface area contributed by atoms with Gasteiger partial charge in [0, 0.05) is 18.7 Å². The zero-order valence-corrected chi connectivity index (χ0v) is 13.5. The highest BCUT2D eigenvalue weighted by Crippen LogP contribution is 2.19. The van der Waals surface area contributed by atoms with E-state index in [1.807, 2.05) is 0 Å². The number of alkyl halides is 3. The van der Waals surface area contributed by atoms with Gasteiger partial charge in [-0.2, -0.15) is 13.2 Å². The van der Waals surface area contributed by atoms with Gasteiger partial charge in [0.05, 0.1) is 33.0 Å². The number of carbonyl (C=O) groups excluding carboxylic acids is 1. The van der Waals surface area contributed by atoms with Crippen molar-refractivity contribution in [2.24, 2.45) is 0 Å². The lowest BCUT2D eigenvalue weighted by molar-refractivity contribution is -0.165. The average molecular weight is 356 g/mol. The molecule has 1 aromatic heterocycles. The maximum atomic E-state index is 12.6. The third-order valence-electron chi connectivity index (χ3n) is 2.56. The number of thiazole rings is 1. The fourth-order valence-corrected chi connectivity index (χ4v) is 2.19. The monoisotopic (exact) mass is 356 g/mol. The molecular formula is C13H19F3N2O4S. The van der Waals surface area contributed by atoms with Crippen LogP contribution in [0.1, 0.15) is 5.01 Å². The maximum absolute atomic E-state index is 12.6. The molecule has 1 rings (SSSR count). The molecule has 0 aliphatic heterocycles. The Bertz CT molecular complexity index is 443. The molecule has 0 N–H and O–H groups in total. The third-order valence-corrected chi connectivity index (χ3v) is 3.33. The molecule has 0 bridgehead atoms. The Morgan fingerprint density at radius 1 is 1.26 bits per heavy atom. The highest BCUT2D eigenvalue weighted by molar-refractivity contribution is 7.09. The maximum Gasteiger partial charge on any atom is 0.406 e. The number of hydrogen-bond donors (Lipinski definition) is 0. The van der Waals surface area contributed by atoms with Gasteiger partial charge in [-0.15, -0.1) is 11.3 Å². The summed E-state index contributed by atoms with van der Waals surface area (Å²) < 4.78 is 52.7. The summed E-state index contributed by atoms with van der Waals surface area (Å²) in [6.07, 6.45) is -3.00. The second-order valence-corrected chi connectivity index (χ2v) is 5.43. The van der Waals surface area contributed by atoms with Crippen LogP contribution in [0.2, 0.25) is 0 Å². The van der Waals surface area contributed by atoms with E-state index in [1.54, 1.807) is 5.38 Å². The van der Waals surface area contributed by atoms with Crippen LogP contribution in [0.4, 0.5) is 13.2 Å². The van der Waals surface area contributed by atoms with E-state index in [9.17, 15) is 18.0 Å². The Balaban J connectivity index is 2.36. The molecule has 0 fully saturated rings. The van der Waals surface area contributed by atoms with Gasteiger partial charge in [0.25, 0.3) is 0 Å². The fraction of sp³-hybridized carbons (Fsp3) is 0.692. The minimum Gasteiger partial charge on any atom is -0.382 e. The van der Waals surface area contributed by atoms with E-state index in [2.05, 4.69) is 4.98 Å². The van der Waals surface area contributed by atoms with Crippen LogP contribution >= 0.6 is 11.3 Å². The Hall–Kier alpha value is -1.23. The molecule has 0 aromatic carbocycles. The van der Waals surface area contributed by atoms with Gasteiger partial charge in [-0.3, -0.25) is 4.79 Å². The highest BCUT2D eigenvalue weighted by Gasteiger charge is 2.33. The summed E-state index contributed by atoms with van der Waals surface area (Å²) in [5, 5.41) is 2.07. The van der Waals surface area contributed by atoms with Crippen molar-refractivity contribution in [3.05, 3.63) is 16.6 Å². The summed E-state index contributed by atoms with van der Waals surface area (Å²) in [4.78, 5) is 16.5. The second kappa shape index (κ2) is 10.5. The van der Waals surface area contributed by atoms with Crippen molar-refractivity contribution in [1.29, 1.82) is 0 Å². The average Bonchev–Trinajstić information content (AvgIpc) is 2.97. The van der Waals surface area contributed by atoms with Crippen LogP contribution in [-0.2, 0) is 25.5 Å². The number of halogens is 3. The number of rotatable bonds is 11. The Morgan fingerprint density at radius 3 is 2.57 bits per heavy atom. The number of ether oxygens (including phenoxy) is 3. The van der Waals surface area contributed by atoms with Crippen molar-refractivity contribution >= 4 is 17.2 Å². The van der Waals surface area contributed by atoms with Gasteiger partial charge in [-0.25, -0.2) is 4.98 Å². The number of hydrogen-bond acceptors (Lipinski definition) is 6. The lowest BCUT2D eigenvalue weighted by Gasteiger charge is -2.23. The molecule has 0 saturated heterocycles. The lowest BCUT2D eigenvalue weighted by Crippen LogP contribution is -2.40. The van der Waals surface area contributed by atoms with E-state index >= 15 is 0 Å². The first kappa shape index (κ1) is 19.8. The molecule has 132 valence electrons. The van der Waals surface area contributed by atoms with E-state index < -0.39 is 25.2 Å². The number of methoxy groups -OCH3 is 1. The molecule has 10 heteroatoms. The Labute approximate surface area is 136 Å². The largest absolute Gasteiger partial charge is 0.406 e. The van der Waals surface area contributed by atoms with Gasteiger partial charge >= 0.3 is 6.18 Å². The minimum atomic E-state index is -4.48. The molecule has 0 saturated carbocycles. The molecule has 23 heavy (non-hydrogen) atoms.